The van der Waals surface area contributed by atoms with E-state index in [0.29, 0.717) is 39.4 Å². The van der Waals surface area contributed by atoms with Gasteiger partial charge in [-0.1, -0.05) is 30.0 Å². The Labute approximate surface area is 192 Å². The first-order valence-electron chi connectivity index (χ1n) is 9.60. The van der Waals surface area contributed by atoms with E-state index < -0.39 is 4.92 Å². The van der Waals surface area contributed by atoms with E-state index in [2.05, 4.69) is 5.32 Å². The standard InChI is InChI=1S/C21H17N3O6S2/c25-19(22-14-4-6-15(7-5-14)24(27)28)2-1-9-23-20(26)18(32-21(23)31)11-13-3-8-16-17(10-13)30-12-29-16/h3-8,10-11H,1-2,9,12H2,(H,22,25)/b18-11-. The zero-order valence-corrected chi connectivity index (χ0v) is 18.2. The van der Waals surface area contributed by atoms with Crippen LogP contribution in [0.3, 0.4) is 0 Å². The molecule has 9 nitrogen and oxygen atoms in total. The molecule has 0 aliphatic carbocycles. The molecule has 164 valence electrons. The molecule has 2 aromatic carbocycles. The van der Waals surface area contributed by atoms with Gasteiger partial charge in [-0.25, -0.2) is 0 Å². The van der Waals surface area contributed by atoms with Gasteiger partial charge in [0.2, 0.25) is 12.7 Å². The summed E-state index contributed by atoms with van der Waals surface area (Å²) in [6.07, 6.45) is 2.35. The van der Waals surface area contributed by atoms with Crippen LogP contribution >= 0.6 is 24.0 Å². The van der Waals surface area contributed by atoms with Gasteiger partial charge in [-0.05, 0) is 42.3 Å². The number of thiocarbonyl (C=S) groups is 1. The molecule has 0 spiro atoms. The van der Waals surface area contributed by atoms with E-state index in [0.717, 1.165) is 5.56 Å². The van der Waals surface area contributed by atoms with Gasteiger partial charge in [0, 0.05) is 30.8 Å². The van der Waals surface area contributed by atoms with E-state index >= 15 is 0 Å². The number of nitrogens with one attached hydrogen (secondary N) is 1. The molecule has 0 saturated carbocycles. The van der Waals surface area contributed by atoms with Gasteiger partial charge in [-0.3, -0.25) is 24.6 Å². The van der Waals surface area contributed by atoms with Crippen molar-refractivity contribution in [3.63, 3.8) is 0 Å². The number of thioether (sulfide) groups is 1. The zero-order valence-electron chi connectivity index (χ0n) is 16.6. The normalized spacial score (nSPS) is 16.0. The lowest BCUT2D eigenvalue weighted by atomic mass is 10.2. The number of benzene rings is 2. The van der Waals surface area contributed by atoms with Crippen LogP contribution in [0.1, 0.15) is 18.4 Å². The molecule has 2 aliphatic rings. The lowest BCUT2D eigenvalue weighted by Gasteiger charge is -2.14. The first kappa shape index (κ1) is 21.8. The molecule has 1 saturated heterocycles. The maximum absolute atomic E-state index is 12.7. The number of fused-ring (bicyclic) bond motifs is 1. The highest BCUT2D eigenvalue weighted by Gasteiger charge is 2.31. The molecule has 1 N–H and O–H groups in total. The summed E-state index contributed by atoms with van der Waals surface area (Å²) in [6, 6.07) is 11.0. The Morgan fingerprint density at radius 3 is 2.72 bits per heavy atom. The van der Waals surface area contributed by atoms with Gasteiger partial charge in [0.1, 0.15) is 4.32 Å². The second-order valence-corrected chi connectivity index (χ2v) is 8.58. The van der Waals surface area contributed by atoms with E-state index in [1.807, 2.05) is 6.07 Å². The molecule has 2 aliphatic heterocycles. The maximum Gasteiger partial charge on any atom is 0.269 e. The smallest absolute Gasteiger partial charge is 0.269 e. The summed E-state index contributed by atoms with van der Waals surface area (Å²) in [5.41, 5.74) is 1.22. The van der Waals surface area contributed by atoms with E-state index in [1.54, 1.807) is 18.2 Å². The van der Waals surface area contributed by atoms with Crippen molar-refractivity contribution in [3.8, 4) is 11.5 Å². The van der Waals surface area contributed by atoms with Crippen molar-refractivity contribution in [1.29, 1.82) is 0 Å². The average Bonchev–Trinajstić information content (AvgIpc) is 3.33. The Hall–Kier alpha value is -3.44. The lowest BCUT2D eigenvalue weighted by molar-refractivity contribution is -0.384. The zero-order chi connectivity index (χ0) is 22.7. The number of hydrogen-bond donors (Lipinski definition) is 1. The van der Waals surface area contributed by atoms with Crippen molar-refractivity contribution in [2.45, 2.75) is 12.8 Å². The van der Waals surface area contributed by atoms with Crippen LogP contribution in [0.2, 0.25) is 0 Å². The predicted molar refractivity (Wildman–Crippen MR) is 123 cm³/mol. The Balaban J connectivity index is 1.30. The topological polar surface area (TPSA) is 111 Å². The number of hydrogen-bond acceptors (Lipinski definition) is 8. The number of carbonyl (C=O) groups excluding carboxylic acids is 2. The number of amides is 2. The molecule has 2 aromatic rings. The molecule has 0 unspecified atom stereocenters. The molecule has 4 rings (SSSR count). The van der Waals surface area contributed by atoms with Gasteiger partial charge in [-0.15, -0.1) is 0 Å². The second kappa shape index (κ2) is 9.37. The number of carbonyl (C=O) groups is 2. The lowest BCUT2D eigenvalue weighted by Crippen LogP contribution is -2.29. The number of ether oxygens (including phenoxy) is 2. The van der Waals surface area contributed by atoms with Crippen LogP contribution in [0.5, 0.6) is 11.5 Å². The highest BCUT2D eigenvalue weighted by molar-refractivity contribution is 8.26. The highest BCUT2D eigenvalue weighted by Crippen LogP contribution is 2.36. The molecule has 11 heteroatoms. The molecule has 0 atom stereocenters. The third-order valence-corrected chi connectivity index (χ3v) is 6.09. The summed E-state index contributed by atoms with van der Waals surface area (Å²) in [5.74, 6) is 0.851. The summed E-state index contributed by atoms with van der Waals surface area (Å²) in [4.78, 5) is 37.1. The quantitative estimate of drug-likeness (QED) is 0.280. The van der Waals surface area contributed by atoms with Gasteiger partial charge in [0.05, 0.1) is 9.83 Å². The van der Waals surface area contributed by atoms with E-state index in [4.69, 9.17) is 21.7 Å². The largest absolute Gasteiger partial charge is 0.454 e. The fraction of sp³-hybridized carbons (Fsp3) is 0.190. The predicted octanol–water partition coefficient (Wildman–Crippen LogP) is 3.94. The van der Waals surface area contributed by atoms with Crippen LogP contribution in [-0.4, -0.2) is 39.3 Å². The van der Waals surface area contributed by atoms with E-state index in [-0.39, 0.29) is 30.7 Å². The fourth-order valence-electron chi connectivity index (χ4n) is 3.13. The first-order valence-corrected chi connectivity index (χ1v) is 10.8. The van der Waals surface area contributed by atoms with Crippen LogP contribution in [-0.2, 0) is 9.59 Å². The van der Waals surface area contributed by atoms with Crippen LogP contribution in [0.4, 0.5) is 11.4 Å². The van der Waals surface area contributed by atoms with Crippen molar-refractivity contribution in [3.05, 3.63) is 63.0 Å². The molecule has 0 radical (unpaired) electrons. The summed E-state index contributed by atoms with van der Waals surface area (Å²) >= 11 is 6.55. The van der Waals surface area contributed by atoms with Crippen LogP contribution in [0.25, 0.3) is 6.08 Å². The SMILES string of the molecule is O=C(CCCN1C(=O)/C(=C/c2ccc3c(c2)OCO3)SC1=S)Nc1ccc([N+](=O)[O-])cc1. The molecule has 2 amide bonds. The Kier molecular flexibility index (Phi) is 6.37. The van der Waals surface area contributed by atoms with Gasteiger partial charge < -0.3 is 14.8 Å². The molecular weight excluding hydrogens is 454 g/mol. The fourth-order valence-corrected chi connectivity index (χ4v) is 4.44. The van der Waals surface area contributed by atoms with Gasteiger partial charge >= 0.3 is 0 Å². The monoisotopic (exact) mass is 471 g/mol. The summed E-state index contributed by atoms with van der Waals surface area (Å²) in [7, 11) is 0. The van der Waals surface area contributed by atoms with Crippen LogP contribution in [0, 0.1) is 10.1 Å². The number of anilines is 1. The Bertz CT molecular complexity index is 1130. The molecule has 2 heterocycles. The van der Waals surface area contributed by atoms with Gasteiger partial charge in [-0.2, -0.15) is 0 Å². The third kappa shape index (κ3) is 4.89. The Morgan fingerprint density at radius 2 is 1.97 bits per heavy atom. The number of nitro groups is 1. The van der Waals surface area contributed by atoms with E-state index in [1.165, 1.54) is 40.9 Å². The van der Waals surface area contributed by atoms with E-state index in [9.17, 15) is 19.7 Å². The summed E-state index contributed by atoms with van der Waals surface area (Å²) in [6.45, 7) is 0.496. The molecule has 0 aromatic heterocycles. The van der Waals surface area contributed by atoms with Crippen molar-refractivity contribution in [2.24, 2.45) is 0 Å². The minimum atomic E-state index is -0.505. The first-order chi connectivity index (χ1) is 15.4. The van der Waals surface area contributed by atoms with Crippen molar-refractivity contribution in [2.75, 3.05) is 18.7 Å². The van der Waals surface area contributed by atoms with Gasteiger partial charge in [0.15, 0.2) is 11.5 Å². The minimum absolute atomic E-state index is 0.0498. The van der Waals surface area contributed by atoms with Crippen molar-refractivity contribution >= 4 is 57.6 Å². The van der Waals surface area contributed by atoms with Gasteiger partial charge in [0.25, 0.3) is 11.6 Å². The number of nitrogens with zero attached hydrogens (tertiary/aromatic N) is 2. The number of nitro benzene ring substituents is 1. The highest BCUT2D eigenvalue weighted by atomic mass is 32.2. The summed E-state index contributed by atoms with van der Waals surface area (Å²) in [5, 5.41) is 13.4. The average molecular weight is 472 g/mol. The maximum atomic E-state index is 12.7. The Morgan fingerprint density at radius 1 is 1.22 bits per heavy atom. The van der Waals surface area contributed by atoms with Crippen LogP contribution in [0.15, 0.2) is 47.4 Å². The molecule has 1 fully saturated rings. The number of non-ortho nitro benzene ring substituents is 1. The molecule has 32 heavy (non-hydrogen) atoms. The van der Waals surface area contributed by atoms with Crippen LogP contribution < -0.4 is 14.8 Å². The molecular formula is C21H17N3O6S2. The minimum Gasteiger partial charge on any atom is -0.454 e. The molecule has 0 bridgehead atoms. The third-order valence-electron chi connectivity index (χ3n) is 4.72. The van der Waals surface area contributed by atoms with Crippen molar-refractivity contribution in [1.82, 2.24) is 4.90 Å². The number of rotatable bonds is 7. The second-order valence-electron chi connectivity index (χ2n) is 6.90. The summed E-state index contributed by atoms with van der Waals surface area (Å²) < 4.78 is 11.1. The van der Waals surface area contributed by atoms with Crippen molar-refractivity contribution < 1.29 is 24.0 Å².